The maximum atomic E-state index is 12.4. The number of carbonyl (C=O) groups excluding carboxylic acids is 1. The lowest BCUT2D eigenvalue weighted by molar-refractivity contribution is -0.128. The molecule has 3 aliphatic rings. The Morgan fingerprint density at radius 1 is 1.10 bits per heavy atom. The number of carbonyl (C=O) groups is 1. The average molecular weight is 416 g/mol. The first kappa shape index (κ1) is 21.5. The van der Waals surface area contributed by atoms with E-state index in [1.54, 1.807) is 7.11 Å². The van der Waals surface area contributed by atoms with Crippen LogP contribution in [-0.4, -0.2) is 85.7 Å². The van der Waals surface area contributed by atoms with Gasteiger partial charge in [0, 0.05) is 64.7 Å². The van der Waals surface area contributed by atoms with Crippen molar-refractivity contribution in [2.75, 3.05) is 58.9 Å². The summed E-state index contributed by atoms with van der Waals surface area (Å²) in [7, 11) is 5.74. The highest BCUT2D eigenvalue weighted by atomic mass is 16.5. The Hall–Kier alpha value is -1.73. The van der Waals surface area contributed by atoms with Gasteiger partial charge in [0.1, 0.15) is 11.6 Å². The van der Waals surface area contributed by atoms with Gasteiger partial charge in [-0.05, 0) is 38.8 Å². The second kappa shape index (κ2) is 9.60. The molecule has 2 saturated heterocycles. The number of hydrogen-bond acceptors (Lipinski definition) is 6. The molecule has 0 N–H and O–H groups in total. The van der Waals surface area contributed by atoms with Crippen molar-refractivity contribution in [3.63, 3.8) is 0 Å². The maximum Gasteiger partial charge on any atom is 0.223 e. The number of nitrogens with zero attached hydrogens (tertiary/aromatic N) is 5. The second-order valence-corrected chi connectivity index (χ2v) is 9.39. The Morgan fingerprint density at radius 3 is 2.50 bits per heavy atom. The van der Waals surface area contributed by atoms with Crippen LogP contribution in [0.2, 0.25) is 0 Å². The van der Waals surface area contributed by atoms with Gasteiger partial charge in [-0.3, -0.25) is 4.79 Å². The van der Waals surface area contributed by atoms with Crippen LogP contribution >= 0.6 is 0 Å². The van der Waals surface area contributed by atoms with Crippen LogP contribution in [0.15, 0.2) is 6.07 Å². The Labute approximate surface area is 180 Å². The number of aromatic nitrogens is 2. The standard InChI is InChI=1S/C23H37N5O2/c1-26(2)21-15-20(18-14-22(29)28(16-18)12-13-30-3)24-23(25-21)17-8-10-27(11-9-17)19-6-4-5-7-19/h15,17-19H,4-14,16H2,1-3H3/t18-/m0/s1. The van der Waals surface area contributed by atoms with E-state index in [1.165, 1.54) is 25.7 Å². The fourth-order valence-corrected chi connectivity index (χ4v) is 5.27. The van der Waals surface area contributed by atoms with Gasteiger partial charge in [0.25, 0.3) is 0 Å². The molecule has 0 unspecified atom stereocenters. The lowest BCUT2D eigenvalue weighted by Gasteiger charge is -2.35. The largest absolute Gasteiger partial charge is 0.383 e. The molecule has 1 aromatic heterocycles. The molecule has 0 aromatic carbocycles. The van der Waals surface area contributed by atoms with Gasteiger partial charge in [-0.15, -0.1) is 0 Å². The van der Waals surface area contributed by atoms with E-state index in [-0.39, 0.29) is 11.8 Å². The number of anilines is 1. The van der Waals surface area contributed by atoms with E-state index in [4.69, 9.17) is 14.7 Å². The number of hydrogen-bond donors (Lipinski definition) is 0. The molecule has 30 heavy (non-hydrogen) atoms. The first-order valence-corrected chi connectivity index (χ1v) is 11.6. The topological polar surface area (TPSA) is 61.8 Å². The normalized spacial score (nSPS) is 24.2. The van der Waals surface area contributed by atoms with E-state index >= 15 is 0 Å². The molecule has 0 radical (unpaired) electrons. The number of methoxy groups -OCH3 is 1. The van der Waals surface area contributed by atoms with Crippen molar-refractivity contribution < 1.29 is 9.53 Å². The molecule has 1 aromatic rings. The Kier molecular flexibility index (Phi) is 6.88. The summed E-state index contributed by atoms with van der Waals surface area (Å²) in [6.45, 7) is 4.28. The molecule has 7 heteroatoms. The zero-order valence-electron chi connectivity index (χ0n) is 18.8. The molecule has 1 amide bonds. The van der Waals surface area contributed by atoms with Gasteiger partial charge >= 0.3 is 0 Å². The zero-order valence-corrected chi connectivity index (χ0v) is 18.8. The van der Waals surface area contributed by atoms with Crippen LogP contribution in [0, 0.1) is 0 Å². The molecule has 1 atom stereocenters. The molecule has 3 heterocycles. The van der Waals surface area contributed by atoms with E-state index in [2.05, 4.69) is 15.9 Å². The summed E-state index contributed by atoms with van der Waals surface area (Å²) < 4.78 is 5.16. The van der Waals surface area contributed by atoms with Gasteiger partial charge < -0.3 is 19.4 Å². The third-order valence-corrected chi connectivity index (χ3v) is 7.14. The van der Waals surface area contributed by atoms with Crippen LogP contribution in [0.25, 0.3) is 0 Å². The molecule has 3 fully saturated rings. The van der Waals surface area contributed by atoms with E-state index in [0.717, 1.165) is 55.9 Å². The van der Waals surface area contributed by atoms with Crippen molar-refractivity contribution in [2.45, 2.75) is 62.8 Å². The quantitative estimate of drug-likeness (QED) is 0.682. The van der Waals surface area contributed by atoms with Crippen molar-refractivity contribution in [1.29, 1.82) is 0 Å². The molecular weight excluding hydrogens is 378 g/mol. The van der Waals surface area contributed by atoms with Gasteiger partial charge in [-0.25, -0.2) is 9.97 Å². The first-order chi connectivity index (χ1) is 14.5. The Bertz CT molecular complexity index is 726. The van der Waals surface area contributed by atoms with Gasteiger partial charge in [-0.1, -0.05) is 12.8 Å². The molecule has 1 saturated carbocycles. The lowest BCUT2D eigenvalue weighted by Crippen LogP contribution is -2.39. The maximum absolute atomic E-state index is 12.4. The van der Waals surface area contributed by atoms with Crippen LogP contribution in [0.1, 0.15) is 68.3 Å². The summed E-state index contributed by atoms with van der Waals surface area (Å²) in [5.41, 5.74) is 1.02. The van der Waals surface area contributed by atoms with Crippen LogP contribution in [0.3, 0.4) is 0 Å². The van der Waals surface area contributed by atoms with Crippen molar-refractivity contribution in [2.24, 2.45) is 0 Å². The summed E-state index contributed by atoms with van der Waals surface area (Å²) in [5.74, 6) is 2.70. The zero-order chi connectivity index (χ0) is 21.1. The third kappa shape index (κ3) is 4.78. The number of amides is 1. The second-order valence-electron chi connectivity index (χ2n) is 9.39. The van der Waals surface area contributed by atoms with E-state index < -0.39 is 0 Å². The Morgan fingerprint density at radius 2 is 1.83 bits per heavy atom. The molecule has 7 nitrogen and oxygen atoms in total. The van der Waals surface area contributed by atoms with Crippen molar-refractivity contribution in [3.05, 3.63) is 17.6 Å². The summed E-state index contributed by atoms with van der Waals surface area (Å²) in [6, 6.07) is 2.88. The number of likely N-dealkylation sites (tertiary alicyclic amines) is 2. The highest BCUT2D eigenvalue weighted by molar-refractivity contribution is 5.79. The van der Waals surface area contributed by atoms with Gasteiger partial charge in [0.15, 0.2) is 0 Å². The number of rotatable bonds is 7. The highest BCUT2D eigenvalue weighted by Crippen LogP contribution is 2.34. The summed E-state index contributed by atoms with van der Waals surface area (Å²) >= 11 is 0. The SMILES string of the molecule is COCCN1C[C@@H](c2cc(N(C)C)nc(C3CCN(C4CCCC4)CC3)n2)CC1=O. The lowest BCUT2D eigenvalue weighted by atomic mass is 9.94. The minimum atomic E-state index is 0.147. The minimum Gasteiger partial charge on any atom is -0.383 e. The number of piperidine rings is 1. The Balaban J connectivity index is 1.47. The van der Waals surface area contributed by atoms with Gasteiger partial charge in [-0.2, -0.15) is 0 Å². The average Bonchev–Trinajstić information content (AvgIpc) is 3.42. The molecule has 0 spiro atoms. The van der Waals surface area contributed by atoms with Crippen LogP contribution in [0.4, 0.5) is 5.82 Å². The summed E-state index contributed by atoms with van der Waals surface area (Å²) in [6.07, 6.45) is 8.33. The smallest absolute Gasteiger partial charge is 0.223 e. The fourth-order valence-electron chi connectivity index (χ4n) is 5.27. The molecule has 1 aliphatic carbocycles. The molecule has 0 bridgehead atoms. The van der Waals surface area contributed by atoms with Gasteiger partial charge in [0.05, 0.1) is 12.3 Å². The minimum absolute atomic E-state index is 0.147. The summed E-state index contributed by atoms with van der Waals surface area (Å²) in [5, 5.41) is 0. The predicted molar refractivity (Wildman–Crippen MR) is 118 cm³/mol. The summed E-state index contributed by atoms with van der Waals surface area (Å²) in [4.78, 5) is 29.0. The predicted octanol–water partition coefficient (Wildman–Crippen LogP) is 2.63. The fraction of sp³-hybridized carbons (Fsp3) is 0.783. The monoisotopic (exact) mass is 415 g/mol. The highest BCUT2D eigenvalue weighted by Gasteiger charge is 2.33. The van der Waals surface area contributed by atoms with Crippen molar-refractivity contribution >= 4 is 11.7 Å². The van der Waals surface area contributed by atoms with Crippen LogP contribution in [0.5, 0.6) is 0 Å². The molecular formula is C23H37N5O2. The van der Waals surface area contributed by atoms with Crippen molar-refractivity contribution in [3.8, 4) is 0 Å². The number of ether oxygens (including phenoxy) is 1. The van der Waals surface area contributed by atoms with E-state index in [1.807, 2.05) is 19.0 Å². The van der Waals surface area contributed by atoms with Crippen LogP contribution < -0.4 is 4.90 Å². The molecule has 166 valence electrons. The van der Waals surface area contributed by atoms with Crippen molar-refractivity contribution in [1.82, 2.24) is 19.8 Å². The van der Waals surface area contributed by atoms with Gasteiger partial charge in [0.2, 0.25) is 5.91 Å². The molecule has 4 rings (SSSR count). The third-order valence-electron chi connectivity index (χ3n) is 7.14. The van der Waals surface area contributed by atoms with E-state index in [0.29, 0.717) is 25.5 Å². The molecule has 2 aliphatic heterocycles. The van der Waals surface area contributed by atoms with Crippen LogP contribution in [-0.2, 0) is 9.53 Å². The first-order valence-electron chi connectivity index (χ1n) is 11.6. The van der Waals surface area contributed by atoms with E-state index in [9.17, 15) is 4.79 Å².